The molecule has 0 spiro atoms. The molecule has 0 unspecified atom stereocenters. The largest absolute Gasteiger partial charge is 0.351 e. The van der Waals surface area contributed by atoms with Gasteiger partial charge in [-0.3, -0.25) is 14.9 Å². The van der Waals surface area contributed by atoms with Crippen LogP contribution < -0.4 is 5.32 Å². The molecule has 0 saturated heterocycles. The third kappa shape index (κ3) is 2.97. The van der Waals surface area contributed by atoms with Gasteiger partial charge in [0.1, 0.15) is 11.5 Å². The van der Waals surface area contributed by atoms with E-state index >= 15 is 0 Å². The van der Waals surface area contributed by atoms with E-state index in [-0.39, 0.29) is 11.4 Å². The number of nitrogens with one attached hydrogen (secondary N) is 2. The number of rotatable bonds is 3. The summed E-state index contributed by atoms with van der Waals surface area (Å²) in [6, 6.07) is 2.86. The Morgan fingerprint density at radius 2 is 2.26 bits per heavy atom. The van der Waals surface area contributed by atoms with Crippen LogP contribution in [0.1, 0.15) is 16.1 Å². The van der Waals surface area contributed by atoms with Crippen molar-refractivity contribution in [2.45, 2.75) is 6.92 Å². The van der Waals surface area contributed by atoms with Crippen molar-refractivity contribution in [3.05, 3.63) is 50.4 Å². The maximum Gasteiger partial charge on any atom is 0.287 e. The zero-order chi connectivity index (χ0) is 14.0. The van der Waals surface area contributed by atoms with Gasteiger partial charge < -0.3 is 10.3 Å². The standard InChI is InChI=1S/C11H9BrN4O3/c1-6-2-10(14-5-8(6)12)15-11(17)9-3-7(4-13-9)16(18)19/h2-5,13H,1H3,(H,14,15,17). The number of aromatic nitrogens is 2. The van der Waals surface area contributed by atoms with Crippen LogP contribution in [0.4, 0.5) is 11.5 Å². The smallest absolute Gasteiger partial charge is 0.287 e. The average Bonchev–Trinajstić information content (AvgIpc) is 2.83. The SMILES string of the molecule is Cc1cc(NC(=O)c2cc([N+](=O)[O-])c[nH]2)ncc1Br. The van der Waals surface area contributed by atoms with Crippen LogP contribution >= 0.6 is 15.9 Å². The summed E-state index contributed by atoms with van der Waals surface area (Å²) < 4.78 is 0.834. The number of hydrogen-bond acceptors (Lipinski definition) is 4. The monoisotopic (exact) mass is 324 g/mol. The maximum atomic E-state index is 11.8. The van der Waals surface area contributed by atoms with E-state index < -0.39 is 10.8 Å². The van der Waals surface area contributed by atoms with Gasteiger partial charge in [0.05, 0.1) is 11.1 Å². The fourth-order valence-electron chi connectivity index (χ4n) is 1.41. The summed E-state index contributed by atoms with van der Waals surface area (Å²) in [5, 5.41) is 13.1. The number of nitro groups is 1. The van der Waals surface area contributed by atoms with Crippen LogP contribution in [0.15, 0.2) is 29.0 Å². The number of aromatic amines is 1. The lowest BCUT2D eigenvalue weighted by Crippen LogP contribution is -2.13. The second-order valence-electron chi connectivity index (χ2n) is 3.80. The normalized spacial score (nSPS) is 10.2. The van der Waals surface area contributed by atoms with Gasteiger partial charge in [-0.25, -0.2) is 4.98 Å². The van der Waals surface area contributed by atoms with Crippen LogP contribution in [0, 0.1) is 17.0 Å². The molecule has 0 aromatic carbocycles. The molecular formula is C11H9BrN4O3. The highest BCUT2D eigenvalue weighted by Gasteiger charge is 2.15. The molecule has 2 aromatic heterocycles. The number of H-pyrrole nitrogens is 1. The first-order chi connectivity index (χ1) is 8.97. The fraction of sp³-hybridized carbons (Fsp3) is 0.0909. The van der Waals surface area contributed by atoms with Crippen molar-refractivity contribution < 1.29 is 9.72 Å². The van der Waals surface area contributed by atoms with Crippen LogP contribution in [0.2, 0.25) is 0 Å². The van der Waals surface area contributed by atoms with Crippen LogP contribution in [0.3, 0.4) is 0 Å². The van der Waals surface area contributed by atoms with Crippen molar-refractivity contribution in [3.63, 3.8) is 0 Å². The fourth-order valence-corrected chi connectivity index (χ4v) is 1.63. The molecule has 0 aliphatic carbocycles. The minimum Gasteiger partial charge on any atom is -0.351 e. The number of aryl methyl sites for hydroxylation is 1. The molecule has 7 nitrogen and oxygen atoms in total. The van der Waals surface area contributed by atoms with E-state index in [9.17, 15) is 14.9 Å². The molecule has 2 N–H and O–H groups in total. The third-order valence-corrected chi connectivity index (χ3v) is 3.24. The summed E-state index contributed by atoms with van der Waals surface area (Å²) in [5.74, 6) is -0.106. The van der Waals surface area contributed by atoms with Crippen LogP contribution in [-0.2, 0) is 0 Å². The molecule has 0 saturated carbocycles. The second kappa shape index (κ2) is 5.19. The minimum atomic E-state index is -0.574. The molecule has 0 aliphatic heterocycles. The van der Waals surface area contributed by atoms with Gasteiger partial charge in [0, 0.05) is 16.7 Å². The van der Waals surface area contributed by atoms with Gasteiger partial charge in [-0.2, -0.15) is 0 Å². The quantitative estimate of drug-likeness (QED) is 0.669. The summed E-state index contributed by atoms with van der Waals surface area (Å²) in [4.78, 5) is 28.3. The Bertz CT molecular complexity index is 653. The number of hydrogen-bond donors (Lipinski definition) is 2. The Morgan fingerprint density at radius 1 is 1.53 bits per heavy atom. The van der Waals surface area contributed by atoms with Crippen LogP contribution in [-0.4, -0.2) is 20.8 Å². The highest BCUT2D eigenvalue weighted by Crippen LogP contribution is 2.18. The summed E-state index contributed by atoms with van der Waals surface area (Å²) in [6.07, 6.45) is 2.73. The van der Waals surface area contributed by atoms with Gasteiger partial charge in [0.25, 0.3) is 11.6 Å². The Morgan fingerprint density at radius 3 is 2.84 bits per heavy atom. The topological polar surface area (TPSA) is 101 Å². The Balaban J connectivity index is 2.15. The summed E-state index contributed by atoms with van der Waals surface area (Å²) in [6.45, 7) is 1.86. The minimum absolute atomic E-state index is 0.106. The molecular weight excluding hydrogens is 316 g/mol. The Kier molecular flexibility index (Phi) is 3.61. The zero-order valence-corrected chi connectivity index (χ0v) is 11.4. The molecule has 0 atom stereocenters. The van der Waals surface area contributed by atoms with Crippen LogP contribution in [0.5, 0.6) is 0 Å². The highest BCUT2D eigenvalue weighted by atomic mass is 79.9. The molecule has 0 aliphatic rings. The molecule has 8 heteroatoms. The Hall–Kier alpha value is -2.22. The number of halogens is 1. The van der Waals surface area contributed by atoms with Crippen molar-refractivity contribution in [1.29, 1.82) is 0 Å². The predicted molar refractivity (Wildman–Crippen MR) is 72.1 cm³/mol. The van der Waals surface area contributed by atoms with Gasteiger partial charge in [-0.15, -0.1) is 0 Å². The molecule has 2 heterocycles. The van der Waals surface area contributed by atoms with E-state index in [1.165, 1.54) is 6.07 Å². The number of carbonyl (C=O) groups excluding carboxylic acids is 1. The molecule has 19 heavy (non-hydrogen) atoms. The first-order valence-corrected chi connectivity index (χ1v) is 6.03. The average molecular weight is 325 g/mol. The molecule has 0 radical (unpaired) electrons. The van der Waals surface area contributed by atoms with E-state index in [2.05, 4.69) is 31.2 Å². The highest BCUT2D eigenvalue weighted by molar-refractivity contribution is 9.10. The van der Waals surface area contributed by atoms with Crippen molar-refractivity contribution >= 4 is 33.3 Å². The summed E-state index contributed by atoms with van der Waals surface area (Å²) >= 11 is 3.30. The van der Waals surface area contributed by atoms with Crippen molar-refractivity contribution in [2.24, 2.45) is 0 Å². The number of amides is 1. The number of anilines is 1. The van der Waals surface area contributed by atoms with E-state index in [1.54, 1.807) is 12.3 Å². The number of nitrogens with zero attached hydrogens (tertiary/aromatic N) is 2. The lowest BCUT2D eigenvalue weighted by Gasteiger charge is -2.04. The maximum absolute atomic E-state index is 11.8. The van der Waals surface area contributed by atoms with Gasteiger partial charge in [-0.1, -0.05) is 0 Å². The van der Waals surface area contributed by atoms with Gasteiger partial charge in [0.2, 0.25) is 0 Å². The molecule has 2 rings (SSSR count). The van der Waals surface area contributed by atoms with Crippen molar-refractivity contribution in [3.8, 4) is 0 Å². The lowest BCUT2D eigenvalue weighted by atomic mass is 10.3. The molecule has 1 amide bonds. The van der Waals surface area contributed by atoms with E-state index in [4.69, 9.17) is 0 Å². The Labute approximate surface area is 116 Å². The molecule has 0 bridgehead atoms. The molecule has 0 fully saturated rings. The number of pyridine rings is 1. The first kappa shape index (κ1) is 13.2. The third-order valence-electron chi connectivity index (χ3n) is 2.41. The first-order valence-electron chi connectivity index (χ1n) is 5.23. The van der Waals surface area contributed by atoms with Crippen molar-refractivity contribution in [2.75, 3.05) is 5.32 Å². The van der Waals surface area contributed by atoms with Crippen LogP contribution in [0.25, 0.3) is 0 Å². The van der Waals surface area contributed by atoms with E-state index in [0.29, 0.717) is 5.82 Å². The molecule has 98 valence electrons. The predicted octanol–water partition coefficient (Wildman–Crippen LogP) is 2.64. The zero-order valence-electron chi connectivity index (χ0n) is 9.81. The van der Waals surface area contributed by atoms with Gasteiger partial charge >= 0.3 is 0 Å². The van der Waals surface area contributed by atoms with Gasteiger partial charge in [0.15, 0.2) is 0 Å². The second-order valence-corrected chi connectivity index (χ2v) is 4.66. The summed E-state index contributed by atoms with van der Waals surface area (Å²) in [7, 11) is 0. The summed E-state index contributed by atoms with van der Waals surface area (Å²) in [5.41, 5.74) is 0.863. The lowest BCUT2D eigenvalue weighted by molar-refractivity contribution is -0.384. The van der Waals surface area contributed by atoms with Crippen molar-refractivity contribution in [1.82, 2.24) is 9.97 Å². The molecule has 2 aromatic rings. The van der Waals surface area contributed by atoms with E-state index in [0.717, 1.165) is 16.2 Å². The number of carbonyl (C=O) groups is 1. The van der Waals surface area contributed by atoms with Gasteiger partial charge in [-0.05, 0) is 34.5 Å². The van der Waals surface area contributed by atoms with E-state index in [1.807, 2.05) is 6.92 Å².